The molecule has 0 atom stereocenters. The van der Waals surface area contributed by atoms with Gasteiger partial charge in [-0.1, -0.05) is 13.0 Å². The lowest BCUT2D eigenvalue weighted by atomic mass is 10.2. The number of aromatic nitrogens is 3. The number of nitrogens with one attached hydrogen (secondary N) is 2. The van der Waals surface area contributed by atoms with Crippen molar-refractivity contribution in [1.29, 1.82) is 0 Å². The van der Waals surface area contributed by atoms with E-state index in [1.807, 2.05) is 18.2 Å². The Balaban J connectivity index is 2.13. The SMILES string of the molecule is CCNc1ncnc(NCc2ccccn2)c1CC. The molecular weight excluding hydrogens is 238 g/mol. The summed E-state index contributed by atoms with van der Waals surface area (Å²) in [6.07, 6.45) is 4.26. The van der Waals surface area contributed by atoms with Gasteiger partial charge in [-0.15, -0.1) is 0 Å². The molecule has 0 saturated carbocycles. The molecule has 0 saturated heterocycles. The first-order valence-corrected chi connectivity index (χ1v) is 6.56. The molecule has 2 aromatic rings. The first kappa shape index (κ1) is 13.3. The Morgan fingerprint density at radius 3 is 2.42 bits per heavy atom. The van der Waals surface area contributed by atoms with Crippen LogP contribution in [-0.2, 0) is 13.0 Å². The van der Waals surface area contributed by atoms with Crippen molar-refractivity contribution in [2.75, 3.05) is 17.2 Å². The van der Waals surface area contributed by atoms with Gasteiger partial charge in [-0.2, -0.15) is 0 Å². The summed E-state index contributed by atoms with van der Waals surface area (Å²) in [5.41, 5.74) is 2.11. The van der Waals surface area contributed by atoms with Gasteiger partial charge in [0.2, 0.25) is 0 Å². The summed E-state index contributed by atoms with van der Waals surface area (Å²) in [7, 11) is 0. The summed E-state index contributed by atoms with van der Waals surface area (Å²) >= 11 is 0. The number of pyridine rings is 1. The average Bonchev–Trinajstić information content (AvgIpc) is 2.46. The predicted molar refractivity (Wildman–Crippen MR) is 77.1 cm³/mol. The Bertz CT molecular complexity index is 512. The molecule has 0 unspecified atom stereocenters. The summed E-state index contributed by atoms with van der Waals surface area (Å²) < 4.78 is 0. The maximum absolute atomic E-state index is 4.32. The number of hydrogen-bond acceptors (Lipinski definition) is 5. The maximum atomic E-state index is 4.32. The zero-order chi connectivity index (χ0) is 13.5. The van der Waals surface area contributed by atoms with Gasteiger partial charge in [-0.05, 0) is 25.5 Å². The second-order valence-corrected chi connectivity index (χ2v) is 4.11. The van der Waals surface area contributed by atoms with Gasteiger partial charge >= 0.3 is 0 Å². The molecule has 5 heteroatoms. The molecule has 100 valence electrons. The van der Waals surface area contributed by atoms with E-state index >= 15 is 0 Å². The van der Waals surface area contributed by atoms with E-state index in [1.54, 1.807) is 12.5 Å². The van der Waals surface area contributed by atoms with Gasteiger partial charge in [0.05, 0.1) is 12.2 Å². The molecule has 19 heavy (non-hydrogen) atoms. The van der Waals surface area contributed by atoms with Crippen molar-refractivity contribution < 1.29 is 0 Å². The van der Waals surface area contributed by atoms with Crippen LogP contribution in [0.2, 0.25) is 0 Å². The molecule has 0 fully saturated rings. The zero-order valence-corrected chi connectivity index (χ0v) is 11.3. The Kier molecular flexibility index (Phi) is 4.66. The van der Waals surface area contributed by atoms with Gasteiger partial charge in [0.1, 0.15) is 18.0 Å². The van der Waals surface area contributed by atoms with E-state index in [2.05, 4.69) is 39.4 Å². The number of nitrogens with zero attached hydrogens (tertiary/aromatic N) is 3. The maximum Gasteiger partial charge on any atom is 0.135 e. The molecule has 0 aromatic carbocycles. The molecule has 0 amide bonds. The van der Waals surface area contributed by atoms with Crippen LogP contribution >= 0.6 is 0 Å². The molecule has 0 radical (unpaired) electrons. The topological polar surface area (TPSA) is 62.7 Å². The van der Waals surface area contributed by atoms with Gasteiger partial charge in [-0.25, -0.2) is 9.97 Å². The van der Waals surface area contributed by atoms with Crippen LogP contribution < -0.4 is 10.6 Å². The molecule has 5 nitrogen and oxygen atoms in total. The van der Waals surface area contributed by atoms with Crippen molar-refractivity contribution in [3.05, 3.63) is 42.0 Å². The zero-order valence-electron chi connectivity index (χ0n) is 11.3. The first-order valence-electron chi connectivity index (χ1n) is 6.56. The third kappa shape index (κ3) is 3.40. The van der Waals surface area contributed by atoms with Crippen LogP contribution in [0, 0.1) is 0 Å². The highest BCUT2D eigenvalue weighted by molar-refractivity contribution is 5.57. The normalized spacial score (nSPS) is 10.2. The number of hydrogen-bond donors (Lipinski definition) is 2. The van der Waals surface area contributed by atoms with Crippen LogP contribution in [0.25, 0.3) is 0 Å². The second kappa shape index (κ2) is 6.68. The average molecular weight is 257 g/mol. The number of rotatable bonds is 6. The fourth-order valence-corrected chi connectivity index (χ4v) is 1.90. The third-order valence-corrected chi connectivity index (χ3v) is 2.81. The minimum absolute atomic E-state index is 0.663. The molecule has 0 aliphatic rings. The van der Waals surface area contributed by atoms with Crippen LogP contribution in [-0.4, -0.2) is 21.5 Å². The lowest BCUT2D eigenvalue weighted by molar-refractivity contribution is 0.979. The highest BCUT2D eigenvalue weighted by Gasteiger charge is 2.08. The van der Waals surface area contributed by atoms with Crippen LogP contribution in [0.4, 0.5) is 11.6 Å². The van der Waals surface area contributed by atoms with Gasteiger partial charge in [0.25, 0.3) is 0 Å². The summed E-state index contributed by atoms with van der Waals surface area (Å²) in [6, 6.07) is 5.88. The summed E-state index contributed by atoms with van der Waals surface area (Å²) in [5.74, 6) is 1.78. The summed E-state index contributed by atoms with van der Waals surface area (Å²) in [4.78, 5) is 12.9. The summed E-state index contributed by atoms with van der Waals surface area (Å²) in [6.45, 7) is 5.67. The predicted octanol–water partition coefficient (Wildman–Crippen LogP) is 2.48. The van der Waals surface area contributed by atoms with Crippen LogP contribution in [0.3, 0.4) is 0 Å². The van der Waals surface area contributed by atoms with Crippen molar-refractivity contribution in [2.45, 2.75) is 26.8 Å². The smallest absolute Gasteiger partial charge is 0.135 e. The molecule has 0 spiro atoms. The molecule has 0 aliphatic heterocycles. The van der Waals surface area contributed by atoms with E-state index in [0.717, 1.165) is 35.9 Å². The minimum atomic E-state index is 0.663. The number of anilines is 2. The molecule has 2 aromatic heterocycles. The fraction of sp³-hybridized carbons (Fsp3) is 0.357. The Morgan fingerprint density at radius 2 is 1.79 bits per heavy atom. The van der Waals surface area contributed by atoms with Gasteiger partial charge in [0, 0.05) is 18.3 Å². The highest BCUT2D eigenvalue weighted by Crippen LogP contribution is 2.20. The Morgan fingerprint density at radius 1 is 1.00 bits per heavy atom. The van der Waals surface area contributed by atoms with Crippen molar-refractivity contribution in [3.63, 3.8) is 0 Å². The van der Waals surface area contributed by atoms with Crippen molar-refractivity contribution in [2.24, 2.45) is 0 Å². The van der Waals surface area contributed by atoms with E-state index < -0.39 is 0 Å². The van der Waals surface area contributed by atoms with Crippen molar-refractivity contribution in [3.8, 4) is 0 Å². The largest absolute Gasteiger partial charge is 0.370 e. The van der Waals surface area contributed by atoms with Gasteiger partial charge in [0.15, 0.2) is 0 Å². The Hall–Kier alpha value is -2.17. The van der Waals surface area contributed by atoms with Crippen LogP contribution in [0.1, 0.15) is 25.1 Å². The lowest BCUT2D eigenvalue weighted by Crippen LogP contribution is -2.10. The molecule has 2 heterocycles. The summed E-state index contributed by atoms with van der Waals surface area (Å²) in [5, 5.41) is 6.58. The molecule has 0 aliphatic carbocycles. The van der Waals surface area contributed by atoms with Crippen molar-refractivity contribution >= 4 is 11.6 Å². The Labute approximate surface area is 113 Å². The third-order valence-electron chi connectivity index (χ3n) is 2.81. The quantitative estimate of drug-likeness (QED) is 0.832. The molecular formula is C14H19N5. The minimum Gasteiger partial charge on any atom is -0.370 e. The fourth-order valence-electron chi connectivity index (χ4n) is 1.90. The van der Waals surface area contributed by atoms with Gasteiger partial charge in [-0.3, -0.25) is 4.98 Å². The lowest BCUT2D eigenvalue weighted by Gasteiger charge is -2.13. The van der Waals surface area contributed by atoms with E-state index in [4.69, 9.17) is 0 Å². The van der Waals surface area contributed by atoms with E-state index in [0.29, 0.717) is 6.54 Å². The highest BCUT2D eigenvalue weighted by atomic mass is 15.1. The van der Waals surface area contributed by atoms with E-state index in [-0.39, 0.29) is 0 Å². The monoisotopic (exact) mass is 257 g/mol. The first-order chi connectivity index (χ1) is 9.35. The van der Waals surface area contributed by atoms with E-state index in [1.165, 1.54) is 0 Å². The van der Waals surface area contributed by atoms with Crippen LogP contribution in [0.15, 0.2) is 30.7 Å². The molecule has 2 rings (SSSR count). The standard InChI is InChI=1S/C14H19N5/c1-3-12-13(15-4-2)18-10-19-14(12)17-9-11-7-5-6-8-16-11/h5-8,10H,3-4,9H2,1-2H3,(H2,15,17,18,19). The van der Waals surface area contributed by atoms with Crippen LogP contribution in [0.5, 0.6) is 0 Å². The van der Waals surface area contributed by atoms with Gasteiger partial charge < -0.3 is 10.6 Å². The molecule has 0 bridgehead atoms. The van der Waals surface area contributed by atoms with E-state index in [9.17, 15) is 0 Å². The second-order valence-electron chi connectivity index (χ2n) is 4.11. The molecule has 2 N–H and O–H groups in total. The van der Waals surface area contributed by atoms with Crippen molar-refractivity contribution in [1.82, 2.24) is 15.0 Å².